The molecule has 2 aromatic rings. The number of carbonyl (C=O) groups excluding carboxylic acids is 1. The summed E-state index contributed by atoms with van der Waals surface area (Å²) in [4.78, 5) is 14.1. The van der Waals surface area contributed by atoms with E-state index in [4.69, 9.17) is 0 Å². The molecule has 0 radical (unpaired) electrons. The lowest BCUT2D eigenvalue weighted by atomic mass is 9.85. The van der Waals surface area contributed by atoms with Gasteiger partial charge in [-0.2, -0.15) is 0 Å². The zero-order valence-electron chi connectivity index (χ0n) is 16.3. The van der Waals surface area contributed by atoms with Crippen LogP contribution in [0.2, 0.25) is 0 Å². The van der Waals surface area contributed by atoms with Gasteiger partial charge in [0.2, 0.25) is 0 Å². The zero-order chi connectivity index (χ0) is 18.6. The first-order valence-electron chi connectivity index (χ1n) is 9.01. The number of hydrogen-bond donors (Lipinski definition) is 0. The van der Waals surface area contributed by atoms with E-state index in [2.05, 4.69) is 63.2 Å². The maximum absolute atomic E-state index is 12.8. The second-order valence-corrected chi connectivity index (χ2v) is 9.20. The van der Waals surface area contributed by atoms with Crippen molar-refractivity contribution in [3.63, 3.8) is 0 Å². The van der Waals surface area contributed by atoms with Gasteiger partial charge in [0, 0.05) is 22.0 Å². The lowest BCUT2D eigenvalue weighted by molar-refractivity contribution is -0.126. The molecular formula is C23H30OS. The van der Waals surface area contributed by atoms with Gasteiger partial charge in [-0.3, -0.25) is 4.79 Å². The van der Waals surface area contributed by atoms with Gasteiger partial charge in [-0.25, -0.2) is 0 Å². The van der Waals surface area contributed by atoms with Crippen molar-refractivity contribution in [2.24, 2.45) is 5.41 Å². The molecule has 0 N–H and O–H groups in total. The number of aryl methyl sites for hydroxylation is 2. The molecule has 0 aliphatic heterocycles. The number of hydrogen-bond acceptors (Lipinski definition) is 2. The number of thioether (sulfide) groups is 1. The normalized spacial score (nSPS) is 14.2. The molecule has 2 heteroatoms. The Morgan fingerprint density at radius 3 is 2.04 bits per heavy atom. The Kier molecular flexibility index (Phi) is 6.51. The van der Waals surface area contributed by atoms with E-state index in [9.17, 15) is 4.79 Å². The van der Waals surface area contributed by atoms with Gasteiger partial charge in [-0.15, -0.1) is 11.8 Å². The van der Waals surface area contributed by atoms with Crippen LogP contribution in [0, 0.1) is 19.3 Å². The fraction of sp³-hybridized carbons (Fsp3) is 0.435. The summed E-state index contributed by atoms with van der Waals surface area (Å²) in [5, 5.41) is 0.230. The molecule has 0 saturated heterocycles. The highest BCUT2D eigenvalue weighted by Gasteiger charge is 2.29. The van der Waals surface area contributed by atoms with Crippen LogP contribution in [-0.2, 0) is 4.79 Å². The third kappa shape index (κ3) is 5.22. The fourth-order valence-electron chi connectivity index (χ4n) is 2.92. The first-order chi connectivity index (χ1) is 11.7. The maximum atomic E-state index is 12.8. The van der Waals surface area contributed by atoms with Crippen molar-refractivity contribution in [1.29, 1.82) is 0 Å². The monoisotopic (exact) mass is 354 g/mol. The van der Waals surface area contributed by atoms with Crippen molar-refractivity contribution in [2.45, 2.75) is 64.0 Å². The van der Waals surface area contributed by atoms with Gasteiger partial charge in [0.25, 0.3) is 0 Å². The Morgan fingerprint density at radius 2 is 1.52 bits per heavy atom. The zero-order valence-corrected chi connectivity index (χ0v) is 17.1. The molecule has 2 atom stereocenters. The summed E-state index contributed by atoms with van der Waals surface area (Å²) in [5.41, 5.74) is 3.58. The molecule has 1 nitrogen and oxygen atoms in total. The van der Waals surface area contributed by atoms with E-state index in [1.54, 1.807) is 0 Å². The van der Waals surface area contributed by atoms with Crippen LogP contribution < -0.4 is 0 Å². The van der Waals surface area contributed by atoms with Crippen LogP contribution in [0.25, 0.3) is 0 Å². The number of carbonyl (C=O) groups is 1. The van der Waals surface area contributed by atoms with Crippen molar-refractivity contribution < 1.29 is 4.79 Å². The van der Waals surface area contributed by atoms with Crippen LogP contribution in [0.4, 0.5) is 0 Å². The van der Waals surface area contributed by atoms with E-state index in [1.807, 2.05) is 38.6 Å². The van der Waals surface area contributed by atoms with E-state index in [0.29, 0.717) is 18.1 Å². The Bertz CT molecular complexity index is 692. The van der Waals surface area contributed by atoms with Gasteiger partial charge < -0.3 is 0 Å². The van der Waals surface area contributed by atoms with Gasteiger partial charge in [0.15, 0.2) is 0 Å². The van der Waals surface area contributed by atoms with Gasteiger partial charge in [0.05, 0.1) is 0 Å². The molecule has 0 saturated carbocycles. The van der Waals surface area contributed by atoms with Gasteiger partial charge in [-0.1, -0.05) is 76.2 Å². The van der Waals surface area contributed by atoms with Crippen molar-refractivity contribution >= 4 is 17.5 Å². The smallest absolute Gasteiger partial charge is 0.139 e. The summed E-state index contributed by atoms with van der Waals surface area (Å²) in [6.07, 6.45) is 0.595. The lowest BCUT2D eigenvalue weighted by Gasteiger charge is -2.28. The van der Waals surface area contributed by atoms with Crippen LogP contribution in [0.1, 0.15) is 56.7 Å². The van der Waals surface area contributed by atoms with Crippen molar-refractivity contribution in [3.05, 3.63) is 65.2 Å². The molecule has 2 aromatic carbocycles. The molecule has 0 aliphatic carbocycles. The summed E-state index contributed by atoms with van der Waals surface area (Å²) in [6.45, 7) is 12.6. The first-order valence-corrected chi connectivity index (χ1v) is 9.89. The molecule has 25 heavy (non-hydrogen) atoms. The van der Waals surface area contributed by atoms with Crippen molar-refractivity contribution in [3.8, 4) is 0 Å². The van der Waals surface area contributed by atoms with Gasteiger partial charge in [0.1, 0.15) is 5.78 Å². The minimum atomic E-state index is -0.296. The minimum absolute atomic E-state index is 0.230. The molecule has 0 unspecified atom stereocenters. The van der Waals surface area contributed by atoms with Gasteiger partial charge in [-0.05, 0) is 36.5 Å². The van der Waals surface area contributed by atoms with E-state index in [-0.39, 0.29) is 10.7 Å². The molecule has 2 rings (SSSR count). The number of ketones is 1. The number of Topliss-reactive ketones (excluding diaryl/α,β-unsaturated/α-hetero) is 1. The molecule has 0 heterocycles. The SMILES string of the molecule is Cc1cccc(C)c1S[C@@H](CC(=O)C(C)(C)C)[C@H](C)c1ccccc1. The molecular weight excluding hydrogens is 324 g/mol. The Hall–Kier alpha value is -1.54. The Labute approximate surface area is 157 Å². The predicted molar refractivity (Wildman–Crippen MR) is 109 cm³/mol. The third-order valence-corrected chi connectivity index (χ3v) is 6.54. The largest absolute Gasteiger partial charge is 0.299 e. The maximum Gasteiger partial charge on any atom is 0.139 e. The highest BCUT2D eigenvalue weighted by atomic mass is 32.2. The van der Waals surface area contributed by atoms with E-state index >= 15 is 0 Å². The Morgan fingerprint density at radius 1 is 0.960 bits per heavy atom. The first kappa shape index (κ1) is 19.8. The van der Waals surface area contributed by atoms with Crippen LogP contribution in [0.5, 0.6) is 0 Å². The third-order valence-electron chi connectivity index (χ3n) is 4.78. The highest BCUT2D eigenvalue weighted by molar-refractivity contribution is 8.00. The second-order valence-electron chi connectivity index (χ2n) is 7.95. The second kappa shape index (κ2) is 8.23. The van der Waals surface area contributed by atoms with E-state index in [1.165, 1.54) is 21.6 Å². The predicted octanol–water partition coefficient (Wildman–Crippen LogP) is 6.57. The van der Waals surface area contributed by atoms with Crippen LogP contribution in [0.3, 0.4) is 0 Å². The average molecular weight is 355 g/mol. The van der Waals surface area contributed by atoms with E-state index in [0.717, 1.165) is 0 Å². The summed E-state index contributed by atoms with van der Waals surface area (Å²) >= 11 is 1.87. The van der Waals surface area contributed by atoms with Crippen molar-refractivity contribution in [2.75, 3.05) is 0 Å². The topological polar surface area (TPSA) is 17.1 Å². The fourth-order valence-corrected chi connectivity index (χ4v) is 4.32. The standard InChI is InChI=1S/C23H30OS/c1-16-11-10-12-17(2)22(16)25-20(15-21(24)23(4,5)6)18(3)19-13-8-7-9-14-19/h7-14,18,20H,15H2,1-6H3/t18-,20+/m1/s1. The van der Waals surface area contributed by atoms with Crippen molar-refractivity contribution in [1.82, 2.24) is 0 Å². The molecule has 134 valence electrons. The van der Waals surface area contributed by atoms with Crippen LogP contribution in [-0.4, -0.2) is 11.0 Å². The molecule has 0 bridgehead atoms. The highest BCUT2D eigenvalue weighted by Crippen LogP contribution is 2.39. The summed E-state index contributed by atoms with van der Waals surface area (Å²) < 4.78 is 0. The molecule has 0 aliphatic rings. The van der Waals surface area contributed by atoms with E-state index < -0.39 is 0 Å². The summed E-state index contributed by atoms with van der Waals surface area (Å²) in [6, 6.07) is 17.0. The molecule has 0 amide bonds. The summed E-state index contributed by atoms with van der Waals surface area (Å²) in [5.74, 6) is 0.649. The number of rotatable bonds is 6. The van der Waals surface area contributed by atoms with Crippen LogP contribution >= 0.6 is 11.8 Å². The quantitative estimate of drug-likeness (QED) is 0.545. The Balaban J connectivity index is 2.33. The molecule has 0 aromatic heterocycles. The molecule has 0 spiro atoms. The van der Waals surface area contributed by atoms with Crippen LogP contribution in [0.15, 0.2) is 53.4 Å². The van der Waals surface area contributed by atoms with Gasteiger partial charge >= 0.3 is 0 Å². The minimum Gasteiger partial charge on any atom is -0.299 e. The summed E-state index contributed by atoms with van der Waals surface area (Å²) in [7, 11) is 0. The number of benzene rings is 2. The molecule has 0 fully saturated rings. The average Bonchev–Trinajstić information content (AvgIpc) is 2.56. The lowest BCUT2D eigenvalue weighted by Crippen LogP contribution is -2.26.